The number of methoxy groups -OCH3 is 1. The summed E-state index contributed by atoms with van der Waals surface area (Å²) < 4.78 is 4.57. The number of carbonyl (C=O) groups is 3. The number of piperazine rings is 1. The summed E-state index contributed by atoms with van der Waals surface area (Å²) >= 11 is 6.41. The van der Waals surface area contributed by atoms with Crippen LogP contribution in [0.2, 0.25) is 5.02 Å². The lowest BCUT2D eigenvalue weighted by molar-refractivity contribution is -0.142. The van der Waals surface area contributed by atoms with Crippen molar-refractivity contribution in [1.82, 2.24) is 10.2 Å². The summed E-state index contributed by atoms with van der Waals surface area (Å²) in [5.74, 6) is -0.371. The molecule has 1 saturated heterocycles. The molecule has 3 amide bonds. The SMILES string of the molecule is COC(=O)C(C)NC(=O)Nc1ccc(N2CCN(C(=O)C(C)C)CC2)c(Cl)c1. The molecule has 1 aromatic rings. The Labute approximate surface area is 170 Å². The van der Waals surface area contributed by atoms with Gasteiger partial charge in [-0.15, -0.1) is 0 Å². The molecule has 0 aromatic heterocycles. The van der Waals surface area contributed by atoms with Gasteiger partial charge in [0.15, 0.2) is 0 Å². The molecule has 0 saturated carbocycles. The van der Waals surface area contributed by atoms with Gasteiger partial charge in [0.2, 0.25) is 5.91 Å². The van der Waals surface area contributed by atoms with Gasteiger partial charge in [-0.1, -0.05) is 25.4 Å². The molecule has 0 bridgehead atoms. The zero-order valence-corrected chi connectivity index (χ0v) is 17.4. The molecular formula is C19H27ClN4O4. The Bertz CT molecular complexity index is 733. The average Bonchev–Trinajstić information content (AvgIpc) is 2.66. The number of amides is 3. The van der Waals surface area contributed by atoms with Crippen LogP contribution >= 0.6 is 11.6 Å². The average molecular weight is 411 g/mol. The van der Waals surface area contributed by atoms with E-state index in [0.29, 0.717) is 36.9 Å². The van der Waals surface area contributed by atoms with Crippen LogP contribution in [0.3, 0.4) is 0 Å². The fourth-order valence-corrected chi connectivity index (χ4v) is 3.27. The number of benzene rings is 1. The zero-order valence-electron chi connectivity index (χ0n) is 16.6. The largest absolute Gasteiger partial charge is 0.467 e. The smallest absolute Gasteiger partial charge is 0.328 e. The van der Waals surface area contributed by atoms with Crippen LogP contribution in [0.5, 0.6) is 0 Å². The molecule has 1 fully saturated rings. The number of hydrogen-bond donors (Lipinski definition) is 2. The van der Waals surface area contributed by atoms with Crippen molar-refractivity contribution in [1.29, 1.82) is 0 Å². The molecule has 1 aliphatic heterocycles. The Morgan fingerprint density at radius 2 is 1.75 bits per heavy atom. The molecule has 1 unspecified atom stereocenters. The van der Waals surface area contributed by atoms with Gasteiger partial charge in [-0.05, 0) is 25.1 Å². The van der Waals surface area contributed by atoms with Crippen LogP contribution in [0.1, 0.15) is 20.8 Å². The van der Waals surface area contributed by atoms with Gasteiger partial charge in [0.1, 0.15) is 6.04 Å². The highest BCUT2D eigenvalue weighted by molar-refractivity contribution is 6.33. The van der Waals surface area contributed by atoms with Gasteiger partial charge in [-0.2, -0.15) is 0 Å². The lowest BCUT2D eigenvalue weighted by atomic mass is 10.1. The van der Waals surface area contributed by atoms with E-state index >= 15 is 0 Å². The van der Waals surface area contributed by atoms with Crippen LogP contribution in [-0.2, 0) is 14.3 Å². The molecule has 0 radical (unpaired) electrons. The molecule has 0 aliphatic carbocycles. The lowest BCUT2D eigenvalue weighted by Crippen LogP contribution is -2.50. The van der Waals surface area contributed by atoms with Crippen LogP contribution in [-0.4, -0.2) is 62.1 Å². The molecule has 0 spiro atoms. The van der Waals surface area contributed by atoms with Gasteiger partial charge >= 0.3 is 12.0 Å². The highest BCUT2D eigenvalue weighted by Crippen LogP contribution is 2.29. The van der Waals surface area contributed by atoms with Crippen molar-refractivity contribution in [3.8, 4) is 0 Å². The number of esters is 1. The number of urea groups is 1. The maximum atomic E-state index is 12.1. The Hall–Kier alpha value is -2.48. The van der Waals surface area contributed by atoms with Gasteiger partial charge in [0, 0.05) is 37.8 Å². The summed E-state index contributed by atoms with van der Waals surface area (Å²) in [4.78, 5) is 39.4. The van der Waals surface area contributed by atoms with E-state index in [4.69, 9.17) is 11.6 Å². The van der Waals surface area contributed by atoms with Crippen molar-refractivity contribution in [2.75, 3.05) is 43.5 Å². The number of anilines is 2. The lowest BCUT2D eigenvalue weighted by Gasteiger charge is -2.37. The highest BCUT2D eigenvalue weighted by Gasteiger charge is 2.24. The second-order valence-corrected chi connectivity index (χ2v) is 7.38. The first-order valence-corrected chi connectivity index (χ1v) is 9.59. The van der Waals surface area contributed by atoms with Crippen LogP contribution in [0.4, 0.5) is 16.2 Å². The van der Waals surface area contributed by atoms with Crippen LogP contribution in [0.25, 0.3) is 0 Å². The van der Waals surface area contributed by atoms with E-state index in [1.807, 2.05) is 24.8 Å². The summed E-state index contributed by atoms with van der Waals surface area (Å²) in [7, 11) is 1.26. The quantitative estimate of drug-likeness (QED) is 0.727. The number of rotatable bonds is 5. The fourth-order valence-electron chi connectivity index (χ4n) is 2.97. The van der Waals surface area contributed by atoms with Crippen molar-refractivity contribution in [2.45, 2.75) is 26.8 Å². The molecule has 1 aliphatic rings. The van der Waals surface area contributed by atoms with Gasteiger partial charge in [0.25, 0.3) is 0 Å². The summed E-state index contributed by atoms with van der Waals surface area (Å²) in [6.07, 6.45) is 0. The van der Waals surface area contributed by atoms with Crippen molar-refractivity contribution in [2.24, 2.45) is 5.92 Å². The first-order valence-electron chi connectivity index (χ1n) is 9.21. The third-order valence-electron chi connectivity index (χ3n) is 4.53. The van der Waals surface area contributed by atoms with Gasteiger partial charge < -0.3 is 25.2 Å². The predicted octanol–water partition coefficient (Wildman–Crippen LogP) is 2.33. The third kappa shape index (κ3) is 5.51. The van der Waals surface area contributed by atoms with E-state index in [9.17, 15) is 14.4 Å². The maximum absolute atomic E-state index is 12.1. The van der Waals surface area contributed by atoms with E-state index in [2.05, 4.69) is 20.3 Å². The molecule has 9 heteroatoms. The molecule has 2 rings (SSSR count). The van der Waals surface area contributed by atoms with Gasteiger partial charge in [-0.3, -0.25) is 4.79 Å². The highest BCUT2D eigenvalue weighted by atomic mass is 35.5. The van der Waals surface area contributed by atoms with Crippen molar-refractivity contribution in [3.05, 3.63) is 23.2 Å². The Balaban J connectivity index is 1.95. The molecule has 1 aromatic carbocycles. The molecule has 1 atom stereocenters. The second-order valence-electron chi connectivity index (χ2n) is 6.98. The van der Waals surface area contributed by atoms with Crippen LogP contribution < -0.4 is 15.5 Å². The molecular weight excluding hydrogens is 384 g/mol. The third-order valence-corrected chi connectivity index (χ3v) is 4.84. The number of nitrogens with zero attached hydrogens (tertiary/aromatic N) is 2. The number of halogens is 1. The normalized spacial score (nSPS) is 15.2. The maximum Gasteiger partial charge on any atom is 0.328 e. The zero-order chi connectivity index (χ0) is 20.8. The van der Waals surface area contributed by atoms with E-state index in [1.54, 1.807) is 12.1 Å². The van der Waals surface area contributed by atoms with E-state index in [-0.39, 0.29) is 11.8 Å². The first kappa shape index (κ1) is 21.8. The summed E-state index contributed by atoms with van der Waals surface area (Å²) in [6.45, 7) is 8.04. The van der Waals surface area contributed by atoms with E-state index in [0.717, 1.165) is 5.69 Å². The van der Waals surface area contributed by atoms with E-state index < -0.39 is 18.0 Å². The van der Waals surface area contributed by atoms with E-state index in [1.165, 1.54) is 14.0 Å². The van der Waals surface area contributed by atoms with Crippen molar-refractivity contribution in [3.63, 3.8) is 0 Å². The predicted molar refractivity (Wildman–Crippen MR) is 109 cm³/mol. The minimum Gasteiger partial charge on any atom is -0.467 e. The second kappa shape index (κ2) is 9.64. The monoisotopic (exact) mass is 410 g/mol. The number of hydrogen-bond acceptors (Lipinski definition) is 5. The minimum atomic E-state index is -0.760. The van der Waals surface area contributed by atoms with Crippen LogP contribution in [0, 0.1) is 5.92 Å². The summed E-state index contributed by atoms with van der Waals surface area (Å²) in [5, 5.41) is 5.63. The Kier molecular flexibility index (Phi) is 7.51. The first-order chi connectivity index (χ1) is 13.2. The molecule has 1 heterocycles. The number of nitrogens with one attached hydrogen (secondary N) is 2. The molecule has 2 N–H and O–H groups in total. The van der Waals surface area contributed by atoms with Crippen LogP contribution in [0.15, 0.2) is 18.2 Å². The standard InChI is InChI=1S/C19H27ClN4O4/c1-12(2)17(25)24-9-7-23(8-10-24)16-6-5-14(11-15(16)20)22-19(27)21-13(3)18(26)28-4/h5-6,11-13H,7-10H2,1-4H3,(H2,21,22,27). The molecule has 8 nitrogen and oxygen atoms in total. The molecule has 28 heavy (non-hydrogen) atoms. The van der Waals surface area contributed by atoms with Gasteiger partial charge in [-0.25, -0.2) is 9.59 Å². The topological polar surface area (TPSA) is 91.0 Å². The number of carbonyl (C=O) groups excluding carboxylic acids is 3. The minimum absolute atomic E-state index is 0.00598. The Morgan fingerprint density at radius 1 is 1.11 bits per heavy atom. The van der Waals surface area contributed by atoms with Crippen molar-refractivity contribution < 1.29 is 19.1 Å². The van der Waals surface area contributed by atoms with Gasteiger partial charge in [0.05, 0.1) is 17.8 Å². The number of ether oxygens (including phenoxy) is 1. The summed E-state index contributed by atoms with van der Waals surface area (Å²) in [6, 6.07) is 3.95. The summed E-state index contributed by atoms with van der Waals surface area (Å²) in [5.41, 5.74) is 1.36. The fraction of sp³-hybridized carbons (Fsp3) is 0.526. The van der Waals surface area contributed by atoms with Crippen molar-refractivity contribution >= 4 is 40.9 Å². The molecule has 154 valence electrons. The Morgan fingerprint density at radius 3 is 2.29 bits per heavy atom.